The second-order valence-corrected chi connectivity index (χ2v) is 5.51. The van der Waals surface area contributed by atoms with Crippen LogP contribution in [0.25, 0.3) is 0 Å². The van der Waals surface area contributed by atoms with Gasteiger partial charge in [0.2, 0.25) is 0 Å². The van der Waals surface area contributed by atoms with Crippen LogP contribution in [0.1, 0.15) is 18.2 Å². The smallest absolute Gasteiger partial charge is 0.313 e. The van der Waals surface area contributed by atoms with E-state index in [1.54, 1.807) is 37.5 Å². The number of amides is 2. The topological polar surface area (TPSA) is 71.3 Å². The molecule has 0 saturated carbocycles. The first-order valence-corrected chi connectivity index (χ1v) is 7.24. The Morgan fingerprint density at radius 1 is 1.27 bits per heavy atom. The Labute approximate surface area is 133 Å². The van der Waals surface area contributed by atoms with Gasteiger partial charge in [0.15, 0.2) is 0 Å². The monoisotopic (exact) mass is 320 g/mol. The fraction of sp³-hybridized carbons (Fsp3) is 0.250. The van der Waals surface area contributed by atoms with Gasteiger partial charge in [-0.2, -0.15) is 0 Å². The van der Waals surface area contributed by atoms with Gasteiger partial charge in [-0.25, -0.2) is 0 Å². The molecule has 2 aromatic rings. The number of hydrogen-bond acceptors (Lipinski definition) is 3. The van der Waals surface area contributed by atoms with Crippen molar-refractivity contribution < 1.29 is 14.0 Å². The lowest BCUT2D eigenvalue weighted by atomic mass is 10.2. The molecule has 6 heteroatoms. The maximum Gasteiger partial charge on any atom is 0.313 e. The second-order valence-electron chi connectivity index (χ2n) is 5.07. The van der Waals surface area contributed by atoms with Crippen molar-refractivity contribution in [3.8, 4) is 0 Å². The van der Waals surface area contributed by atoms with E-state index in [0.717, 1.165) is 11.3 Å². The van der Waals surface area contributed by atoms with E-state index >= 15 is 0 Å². The average molecular weight is 321 g/mol. The lowest BCUT2D eigenvalue weighted by molar-refractivity contribution is -0.136. The van der Waals surface area contributed by atoms with Crippen LogP contribution < -0.4 is 10.6 Å². The van der Waals surface area contributed by atoms with Gasteiger partial charge in [0.25, 0.3) is 0 Å². The van der Waals surface area contributed by atoms with Crippen molar-refractivity contribution in [1.29, 1.82) is 0 Å². The van der Waals surface area contributed by atoms with E-state index in [9.17, 15) is 9.59 Å². The summed E-state index contributed by atoms with van der Waals surface area (Å²) in [6.07, 6.45) is 2.08. The summed E-state index contributed by atoms with van der Waals surface area (Å²) in [5.41, 5.74) is 1.35. The van der Waals surface area contributed by atoms with Crippen LogP contribution in [-0.2, 0) is 16.0 Å². The fourth-order valence-corrected chi connectivity index (χ4v) is 2.15. The molecule has 1 aromatic heterocycles. The molecule has 0 radical (unpaired) electrons. The highest BCUT2D eigenvalue weighted by Gasteiger charge is 2.17. The van der Waals surface area contributed by atoms with Gasteiger partial charge in [-0.15, -0.1) is 0 Å². The molecule has 1 atom stereocenters. The molecule has 0 aliphatic carbocycles. The number of furan rings is 1. The quantitative estimate of drug-likeness (QED) is 0.851. The molecule has 0 bridgehead atoms. The van der Waals surface area contributed by atoms with Crippen LogP contribution in [0.15, 0.2) is 41.0 Å². The van der Waals surface area contributed by atoms with Crippen molar-refractivity contribution in [2.45, 2.75) is 26.3 Å². The number of carbonyl (C=O) groups is 2. The Morgan fingerprint density at radius 3 is 2.73 bits per heavy atom. The molecule has 22 heavy (non-hydrogen) atoms. The fourth-order valence-electron chi connectivity index (χ4n) is 1.98. The highest BCUT2D eigenvalue weighted by atomic mass is 35.5. The zero-order valence-corrected chi connectivity index (χ0v) is 13.1. The van der Waals surface area contributed by atoms with Gasteiger partial charge >= 0.3 is 11.8 Å². The Hall–Kier alpha value is -2.27. The Balaban J connectivity index is 1.91. The minimum atomic E-state index is -0.725. The highest BCUT2D eigenvalue weighted by Crippen LogP contribution is 2.20. The van der Waals surface area contributed by atoms with Crippen LogP contribution in [-0.4, -0.2) is 17.9 Å². The minimum Gasteiger partial charge on any atom is -0.469 e. The number of anilines is 1. The van der Waals surface area contributed by atoms with Crippen LogP contribution in [0.2, 0.25) is 5.02 Å². The molecule has 2 N–H and O–H groups in total. The summed E-state index contributed by atoms with van der Waals surface area (Å²) in [6, 6.07) is 8.48. The van der Waals surface area contributed by atoms with Crippen LogP contribution in [0.4, 0.5) is 5.69 Å². The minimum absolute atomic E-state index is 0.218. The maximum absolute atomic E-state index is 11.9. The number of nitrogens with one attached hydrogen (secondary N) is 2. The second kappa shape index (κ2) is 7.13. The standard InChI is InChI=1S/C16H17ClN2O3/c1-10-5-6-12(17)9-14(10)19-16(21)15(20)18-11(2)8-13-4-3-7-22-13/h3-7,9,11H,8H2,1-2H3,(H,18,20)(H,19,21). The van der Waals surface area contributed by atoms with Gasteiger partial charge in [-0.3, -0.25) is 9.59 Å². The normalized spacial score (nSPS) is 11.8. The molecule has 2 rings (SSSR count). The van der Waals surface area contributed by atoms with E-state index in [4.69, 9.17) is 16.0 Å². The Bertz CT molecular complexity index is 668. The summed E-state index contributed by atoms with van der Waals surface area (Å²) >= 11 is 5.88. The van der Waals surface area contributed by atoms with E-state index in [-0.39, 0.29) is 6.04 Å². The third-order valence-electron chi connectivity index (χ3n) is 3.12. The van der Waals surface area contributed by atoms with E-state index in [2.05, 4.69) is 10.6 Å². The predicted molar refractivity (Wildman–Crippen MR) is 84.8 cm³/mol. The summed E-state index contributed by atoms with van der Waals surface area (Å²) in [5.74, 6) is -0.672. The van der Waals surface area contributed by atoms with Crippen molar-refractivity contribution in [1.82, 2.24) is 5.32 Å². The SMILES string of the molecule is Cc1ccc(Cl)cc1NC(=O)C(=O)NC(C)Cc1ccco1. The first-order chi connectivity index (χ1) is 10.5. The largest absolute Gasteiger partial charge is 0.469 e. The van der Waals surface area contributed by atoms with Crippen molar-refractivity contribution in [3.05, 3.63) is 52.9 Å². The maximum atomic E-state index is 11.9. The third kappa shape index (κ3) is 4.36. The lowest BCUT2D eigenvalue weighted by Gasteiger charge is -2.13. The van der Waals surface area contributed by atoms with E-state index in [0.29, 0.717) is 17.1 Å². The van der Waals surface area contributed by atoms with E-state index < -0.39 is 11.8 Å². The molecule has 0 aliphatic heterocycles. The Kier molecular flexibility index (Phi) is 5.22. The number of rotatable bonds is 4. The van der Waals surface area contributed by atoms with Gasteiger partial charge in [0, 0.05) is 23.2 Å². The zero-order chi connectivity index (χ0) is 16.1. The number of carbonyl (C=O) groups excluding carboxylic acids is 2. The van der Waals surface area contributed by atoms with Gasteiger partial charge in [0.1, 0.15) is 5.76 Å². The van der Waals surface area contributed by atoms with Crippen LogP contribution in [0, 0.1) is 6.92 Å². The molecule has 0 saturated heterocycles. The molecule has 1 heterocycles. The first-order valence-electron chi connectivity index (χ1n) is 6.86. The molecule has 0 fully saturated rings. The van der Waals surface area contributed by atoms with Gasteiger partial charge in [0.05, 0.1) is 6.26 Å². The van der Waals surface area contributed by atoms with Crippen molar-refractivity contribution in [2.75, 3.05) is 5.32 Å². The highest BCUT2D eigenvalue weighted by molar-refractivity contribution is 6.40. The third-order valence-corrected chi connectivity index (χ3v) is 3.35. The number of aryl methyl sites for hydroxylation is 1. The van der Waals surface area contributed by atoms with Crippen LogP contribution in [0.5, 0.6) is 0 Å². The molecule has 1 aromatic carbocycles. The summed E-state index contributed by atoms with van der Waals surface area (Å²) in [5, 5.41) is 5.68. The van der Waals surface area contributed by atoms with Gasteiger partial charge in [-0.05, 0) is 43.7 Å². The summed E-state index contributed by atoms with van der Waals surface area (Å²) in [6.45, 7) is 3.63. The molecule has 0 aliphatic rings. The molecule has 5 nitrogen and oxygen atoms in total. The van der Waals surface area contributed by atoms with Crippen molar-refractivity contribution in [2.24, 2.45) is 0 Å². The van der Waals surface area contributed by atoms with Gasteiger partial charge in [-0.1, -0.05) is 17.7 Å². The number of hydrogen-bond donors (Lipinski definition) is 2. The number of halogens is 1. The molecular weight excluding hydrogens is 304 g/mol. The lowest BCUT2D eigenvalue weighted by Crippen LogP contribution is -2.41. The van der Waals surface area contributed by atoms with Crippen molar-refractivity contribution >= 4 is 29.1 Å². The van der Waals surface area contributed by atoms with Crippen LogP contribution in [0.3, 0.4) is 0 Å². The molecule has 116 valence electrons. The zero-order valence-electron chi connectivity index (χ0n) is 12.4. The van der Waals surface area contributed by atoms with E-state index in [1.165, 1.54) is 0 Å². The first kappa shape index (κ1) is 16.1. The van der Waals surface area contributed by atoms with E-state index in [1.807, 2.05) is 13.0 Å². The summed E-state index contributed by atoms with van der Waals surface area (Å²) in [7, 11) is 0. The Morgan fingerprint density at radius 2 is 2.05 bits per heavy atom. The molecule has 0 spiro atoms. The molecule has 1 unspecified atom stereocenters. The summed E-state index contributed by atoms with van der Waals surface area (Å²) in [4.78, 5) is 23.8. The summed E-state index contributed by atoms with van der Waals surface area (Å²) < 4.78 is 5.20. The van der Waals surface area contributed by atoms with Crippen molar-refractivity contribution in [3.63, 3.8) is 0 Å². The number of benzene rings is 1. The molecular formula is C16H17ClN2O3. The predicted octanol–water partition coefficient (Wildman–Crippen LogP) is 2.93. The van der Waals surface area contributed by atoms with Gasteiger partial charge < -0.3 is 15.1 Å². The average Bonchev–Trinajstić information content (AvgIpc) is 2.95. The van der Waals surface area contributed by atoms with Crippen LogP contribution >= 0.6 is 11.6 Å². The molecule has 2 amide bonds.